The number of benzene rings is 2. The Morgan fingerprint density at radius 1 is 1.24 bits per heavy atom. The lowest BCUT2D eigenvalue weighted by atomic mass is 9.87. The van der Waals surface area contributed by atoms with Crippen LogP contribution in [0.1, 0.15) is 42.0 Å². The molecule has 0 bridgehead atoms. The Hall–Kier alpha value is -2.53. The van der Waals surface area contributed by atoms with Crippen molar-refractivity contribution in [2.45, 2.75) is 37.3 Å². The van der Waals surface area contributed by atoms with Crippen LogP contribution in [-0.2, 0) is 16.7 Å². The Morgan fingerprint density at radius 3 is 2.76 bits per heavy atom. The average molecular weight is 392 g/mol. The molecule has 5 heteroatoms. The van der Waals surface area contributed by atoms with Gasteiger partial charge in [-0.3, -0.25) is 0 Å². The molecular weight excluding hydrogens is 364 g/mol. The Bertz CT molecular complexity index is 888. The molecular formula is C24H28N2O3. The molecule has 2 heterocycles. The molecule has 1 saturated carbocycles. The number of rotatable bonds is 4. The van der Waals surface area contributed by atoms with Crippen molar-refractivity contribution in [2.75, 3.05) is 26.9 Å². The van der Waals surface area contributed by atoms with Crippen molar-refractivity contribution in [1.29, 1.82) is 0 Å². The summed E-state index contributed by atoms with van der Waals surface area (Å²) in [5.74, 6) is 1.22. The molecule has 152 valence electrons. The van der Waals surface area contributed by atoms with Gasteiger partial charge in [-0.1, -0.05) is 36.4 Å². The predicted molar refractivity (Wildman–Crippen MR) is 111 cm³/mol. The summed E-state index contributed by atoms with van der Waals surface area (Å²) in [5.41, 5.74) is 3.87. The van der Waals surface area contributed by atoms with Crippen molar-refractivity contribution in [3.05, 3.63) is 65.2 Å². The molecule has 2 aliphatic heterocycles. The number of fused-ring (bicyclic) bond motifs is 2. The molecule has 2 unspecified atom stereocenters. The van der Waals surface area contributed by atoms with Gasteiger partial charge in [-0.2, -0.15) is 0 Å². The van der Waals surface area contributed by atoms with Gasteiger partial charge in [0, 0.05) is 31.0 Å². The third-order valence-electron chi connectivity index (χ3n) is 6.76. The van der Waals surface area contributed by atoms with Crippen LogP contribution in [-0.4, -0.2) is 37.8 Å². The summed E-state index contributed by atoms with van der Waals surface area (Å²) in [6.07, 6.45) is 3.25. The van der Waals surface area contributed by atoms with Gasteiger partial charge in [-0.15, -0.1) is 0 Å². The van der Waals surface area contributed by atoms with Gasteiger partial charge in [0.2, 0.25) is 0 Å². The quantitative estimate of drug-likeness (QED) is 0.855. The van der Waals surface area contributed by atoms with E-state index < -0.39 is 0 Å². The van der Waals surface area contributed by atoms with Gasteiger partial charge in [-0.25, -0.2) is 4.79 Å². The zero-order chi connectivity index (χ0) is 19.8. The Morgan fingerprint density at radius 2 is 2.07 bits per heavy atom. The van der Waals surface area contributed by atoms with Crippen molar-refractivity contribution in [3.8, 4) is 5.75 Å². The maximum absolute atomic E-state index is 13.3. The number of nitrogens with one attached hydrogen (secondary N) is 1. The molecule has 2 amide bonds. The fourth-order valence-electron chi connectivity index (χ4n) is 4.92. The van der Waals surface area contributed by atoms with Gasteiger partial charge in [0.15, 0.2) is 0 Å². The lowest BCUT2D eigenvalue weighted by Crippen LogP contribution is -2.48. The first-order valence-corrected chi connectivity index (χ1v) is 10.5. The Labute approximate surface area is 172 Å². The van der Waals surface area contributed by atoms with E-state index in [4.69, 9.17) is 9.47 Å². The molecule has 1 aliphatic carbocycles. The molecule has 0 radical (unpaired) electrons. The summed E-state index contributed by atoms with van der Waals surface area (Å²) in [6, 6.07) is 16.6. The van der Waals surface area contributed by atoms with Crippen LogP contribution in [0.3, 0.4) is 0 Å². The number of hydrogen-bond donors (Lipinski definition) is 1. The van der Waals surface area contributed by atoms with Crippen LogP contribution in [0, 0.1) is 5.92 Å². The highest BCUT2D eigenvalue weighted by Crippen LogP contribution is 2.53. The second-order valence-corrected chi connectivity index (χ2v) is 8.62. The second kappa shape index (κ2) is 7.38. The summed E-state index contributed by atoms with van der Waals surface area (Å²) in [5, 5.41) is 3.35. The number of hydrogen-bond acceptors (Lipinski definition) is 3. The molecule has 3 aliphatic rings. The highest BCUT2D eigenvalue weighted by atomic mass is 16.5. The first-order valence-electron chi connectivity index (χ1n) is 10.5. The van der Waals surface area contributed by atoms with E-state index in [1.807, 2.05) is 29.2 Å². The van der Waals surface area contributed by atoms with E-state index >= 15 is 0 Å². The summed E-state index contributed by atoms with van der Waals surface area (Å²) in [7, 11) is 1.71. The number of amides is 2. The highest BCUT2D eigenvalue weighted by Gasteiger charge is 2.50. The second-order valence-electron chi connectivity index (χ2n) is 8.62. The topological polar surface area (TPSA) is 50.8 Å². The fraction of sp³-hybridized carbons (Fsp3) is 0.458. The summed E-state index contributed by atoms with van der Waals surface area (Å²) < 4.78 is 11.1. The first kappa shape index (κ1) is 18.5. The third-order valence-corrected chi connectivity index (χ3v) is 6.76. The van der Waals surface area contributed by atoms with Gasteiger partial charge in [0.05, 0.1) is 19.8 Å². The van der Waals surface area contributed by atoms with Crippen LogP contribution >= 0.6 is 0 Å². The molecule has 2 aromatic rings. The largest absolute Gasteiger partial charge is 0.497 e. The third kappa shape index (κ3) is 3.48. The minimum Gasteiger partial charge on any atom is -0.497 e. The zero-order valence-corrected chi connectivity index (χ0v) is 16.9. The normalized spacial score (nSPS) is 22.8. The molecule has 1 spiro atoms. The van der Waals surface area contributed by atoms with Crippen LogP contribution in [0.4, 0.5) is 4.79 Å². The monoisotopic (exact) mass is 392 g/mol. The fourth-order valence-corrected chi connectivity index (χ4v) is 4.92. The van der Waals surface area contributed by atoms with Gasteiger partial charge >= 0.3 is 6.03 Å². The van der Waals surface area contributed by atoms with E-state index in [2.05, 4.69) is 29.6 Å². The van der Waals surface area contributed by atoms with Crippen LogP contribution < -0.4 is 10.1 Å². The summed E-state index contributed by atoms with van der Waals surface area (Å²) >= 11 is 0. The predicted octanol–water partition coefficient (Wildman–Crippen LogP) is 4.03. The average Bonchev–Trinajstić information content (AvgIpc) is 3.31. The number of ether oxygens (including phenoxy) is 2. The maximum atomic E-state index is 13.3. The van der Waals surface area contributed by atoms with Gasteiger partial charge in [0.1, 0.15) is 5.75 Å². The van der Waals surface area contributed by atoms with Crippen molar-refractivity contribution >= 4 is 6.03 Å². The number of carbonyl (C=O) groups excluding carboxylic acids is 1. The summed E-state index contributed by atoms with van der Waals surface area (Å²) in [4.78, 5) is 15.3. The number of methoxy groups -OCH3 is 1. The molecule has 1 saturated heterocycles. The van der Waals surface area contributed by atoms with E-state index in [1.165, 1.54) is 11.1 Å². The van der Waals surface area contributed by atoms with E-state index in [1.54, 1.807) is 7.11 Å². The molecule has 0 aromatic heterocycles. The number of carbonyl (C=O) groups is 1. The van der Waals surface area contributed by atoms with Gasteiger partial charge < -0.3 is 19.7 Å². The first-order chi connectivity index (χ1) is 14.2. The SMILES string of the molecule is COc1ccc2c(c1)C1(CC1)CN(C(=O)NC(c1ccccc1)C1CCOC1)C2. The van der Waals surface area contributed by atoms with E-state index in [9.17, 15) is 4.79 Å². The van der Waals surface area contributed by atoms with Crippen molar-refractivity contribution in [2.24, 2.45) is 5.92 Å². The van der Waals surface area contributed by atoms with Crippen LogP contribution in [0.25, 0.3) is 0 Å². The Kier molecular flexibility index (Phi) is 4.70. The molecule has 29 heavy (non-hydrogen) atoms. The van der Waals surface area contributed by atoms with Crippen molar-refractivity contribution in [1.82, 2.24) is 10.2 Å². The van der Waals surface area contributed by atoms with Crippen molar-refractivity contribution < 1.29 is 14.3 Å². The smallest absolute Gasteiger partial charge is 0.318 e. The van der Waals surface area contributed by atoms with Crippen LogP contribution in [0.2, 0.25) is 0 Å². The maximum Gasteiger partial charge on any atom is 0.318 e. The molecule has 2 aromatic carbocycles. The number of urea groups is 1. The van der Waals surface area contributed by atoms with E-state index in [0.29, 0.717) is 19.1 Å². The number of nitrogens with zero attached hydrogens (tertiary/aromatic N) is 1. The lowest BCUT2D eigenvalue weighted by Gasteiger charge is -2.37. The minimum atomic E-state index is -0.0152. The molecule has 2 atom stereocenters. The molecule has 2 fully saturated rings. The zero-order valence-electron chi connectivity index (χ0n) is 16.9. The molecule has 5 rings (SSSR count). The Balaban J connectivity index is 1.37. The van der Waals surface area contributed by atoms with Gasteiger partial charge in [0.25, 0.3) is 0 Å². The van der Waals surface area contributed by atoms with Crippen molar-refractivity contribution in [3.63, 3.8) is 0 Å². The highest BCUT2D eigenvalue weighted by molar-refractivity contribution is 5.76. The minimum absolute atomic E-state index is 0.0152. The van der Waals surface area contributed by atoms with Gasteiger partial charge in [-0.05, 0) is 48.1 Å². The molecule has 1 N–H and O–H groups in total. The molecule has 5 nitrogen and oxygen atoms in total. The van der Waals surface area contributed by atoms with Crippen LogP contribution in [0.15, 0.2) is 48.5 Å². The standard InChI is InChI=1S/C24H28N2O3/c1-28-20-8-7-18-14-26(16-24(10-11-24)21(18)13-20)23(27)25-22(19-9-12-29-15-19)17-5-3-2-4-6-17/h2-8,13,19,22H,9-12,14-16H2,1H3,(H,25,27). The van der Waals surface area contributed by atoms with E-state index in [0.717, 1.165) is 43.7 Å². The van der Waals surface area contributed by atoms with Crippen LogP contribution in [0.5, 0.6) is 5.75 Å². The van der Waals surface area contributed by atoms with E-state index in [-0.39, 0.29) is 17.5 Å². The summed E-state index contributed by atoms with van der Waals surface area (Å²) in [6.45, 7) is 2.90. The lowest BCUT2D eigenvalue weighted by molar-refractivity contribution is 0.162.